The van der Waals surface area contributed by atoms with Crippen LogP contribution in [0.25, 0.3) is 0 Å². The highest BCUT2D eigenvalue weighted by Crippen LogP contribution is 2.38. The molecule has 1 aliphatic heterocycles. The lowest BCUT2D eigenvalue weighted by atomic mass is 9.78. The molecule has 1 aliphatic carbocycles. The van der Waals surface area contributed by atoms with Crippen molar-refractivity contribution in [1.82, 2.24) is 19.7 Å². The van der Waals surface area contributed by atoms with Crippen molar-refractivity contribution in [2.24, 2.45) is 11.8 Å². The van der Waals surface area contributed by atoms with Crippen molar-refractivity contribution in [3.8, 4) is 5.75 Å². The second-order valence-corrected chi connectivity index (χ2v) is 8.42. The number of carbonyl (C=O) groups excluding carboxylic acids is 1. The van der Waals surface area contributed by atoms with Crippen molar-refractivity contribution in [2.75, 3.05) is 13.1 Å². The van der Waals surface area contributed by atoms with Crippen molar-refractivity contribution in [2.45, 2.75) is 58.3 Å². The highest BCUT2D eigenvalue weighted by atomic mass is 16.5. The van der Waals surface area contributed by atoms with Gasteiger partial charge in [-0.05, 0) is 63.1 Å². The summed E-state index contributed by atoms with van der Waals surface area (Å²) in [7, 11) is 0. The van der Waals surface area contributed by atoms with E-state index in [2.05, 4.69) is 10.1 Å². The van der Waals surface area contributed by atoms with E-state index in [1.54, 1.807) is 6.20 Å². The van der Waals surface area contributed by atoms with Crippen LogP contribution in [0, 0.1) is 25.7 Å². The van der Waals surface area contributed by atoms with Gasteiger partial charge >= 0.3 is 0 Å². The van der Waals surface area contributed by atoms with Gasteiger partial charge in [0.15, 0.2) is 0 Å². The SMILES string of the molecule is Cc1ccc(O[C@@H]2C[C@@H]3CN(C(=O)CCCn4cccn4)C[C@@H]3C[C@H]2O)c(C)n1. The number of aryl methyl sites for hydroxylation is 3. The molecule has 7 heteroatoms. The number of fused-ring (bicyclic) bond motifs is 1. The number of aliphatic hydroxyl groups is 1. The summed E-state index contributed by atoms with van der Waals surface area (Å²) in [5, 5.41) is 14.8. The van der Waals surface area contributed by atoms with Crippen molar-refractivity contribution in [3.63, 3.8) is 0 Å². The summed E-state index contributed by atoms with van der Waals surface area (Å²) in [5.74, 6) is 1.69. The number of amides is 1. The number of nitrogens with zero attached hydrogens (tertiary/aromatic N) is 4. The molecule has 0 spiro atoms. The average molecular weight is 399 g/mol. The summed E-state index contributed by atoms with van der Waals surface area (Å²) in [6, 6.07) is 5.76. The molecule has 7 nitrogen and oxygen atoms in total. The molecule has 29 heavy (non-hydrogen) atoms. The van der Waals surface area contributed by atoms with E-state index >= 15 is 0 Å². The summed E-state index contributed by atoms with van der Waals surface area (Å²) in [5.41, 5.74) is 1.80. The Kier molecular flexibility index (Phi) is 5.85. The van der Waals surface area contributed by atoms with E-state index in [1.807, 2.05) is 47.8 Å². The Labute approximate surface area is 171 Å². The van der Waals surface area contributed by atoms with E-state index in [1.165, 1.54) is 0 Å². The molecule has 0 radical (unpaired) electrons. The molecule has 1 saturated heterocycles. The van der Waals surface area contributed by atoms with Gasteiger partial charge in [0.05, 0.1) is 11.8 Å². The zero-order valence-corrected chi connectivity index (χ0v) is 17.2. The third-order valence-electron chi connectivity index (χ3n) is 6.23. The van der Waals surface area contributed by atoms with Crippen LogP contribution in [0.1, 0.15) is 37.1 Å². The van der Waals surface area contributed by atoms with Gasteiger partial charge in [0, 0.05) is 44.1 Å². The first-order valence-corrected chi connectivity index (χ1v) is 10.5. The first-order chi connectivity index (χ1) is 14.0. The fraction of sp³-hybridized carbons (Fsp3) is 0.591. The zero-order valence-electron chi connectivity index (χ0n) is 17.2. The van der Waals surface area contributed by atoms with Crippen molar-refractivity contribution < 1.29 is 14.6 Å². The summed E-state index contributed by atoms with van der Waals surface area (Å²) in [4.78, 5) is 19.1. The van der Waals surface area contributed by atoms with Crippen LogP contribution in [-0.4, -0.2) is 56.0 Å². The number of aromatic nitrogens is 3. The van der Waals surface area contributed by atoms with Gasteiger partial charge in [-0.25, -0.2) is 0 Å². The van der Waals surface area contributed by atoms with Crippen LogP contribution in [0.15, 0.2) is 30.6 Å². The zero-order chi connectivity index (χ0) is 20.4. The number of carbonyl (C=O) groups is 1. The topological polar surface area (TPSA) is 80.5 Å². The van der Waals surface area contributed by atoms with Gasteiger partial charge in [-0.2, -0.15) is 5.10 Å². The lowest BCUT2D eigenvalue weighted by Crippen LogP contribution is -2.42. The highest BCUT2D eigenvalue weighted by molar-refractivity contribution is 5.76. The van der Waals surface area contributed by atoms with Crippen LogP contribution in [0.4, 0.5) is 0 Å². The van der Waals surface area contributed by atoms with Crippen LogP contribution >= 0.6 is 0 Å². The average Bonchev–Trinajstić information content (AvgIpc) is 3.33. The van der Waals surface area contributed by atoms with Crippen molar-refractivity contribution in [1.29, 1.82) is 0 Å². The van der Waals surface area contributed by atoms with Gasteiger partial charge in [0.2, 0.25) is 5.91 Å². The molecule has 0 bridgehead atoms. The number of pyridine rings is 1. The van der Waals surface area contributed by atoms with Gasteiger partial charge in [-0.15, -0.1) is 0 Å². The first kappa shape index (κ1) is 19.9. The molecule has 0 unspecified atom stereocenters. The molecule has 2 aromatic rings. The van der Waals surface area contributed by atoms with Gasteiger partial charge < -0.3 is 14.7 Å². The van der Waals surface area contributed by atoms with Gasteiger partial charge in [0.1, 0.15) is 11.9 Å². The molecule has 1 saturated carbocycles. The number of aliphatic hydroxyl groups excluding tert-OH is 1. The molecule has 4 rings (SSSR count). The van der Waals surface area contributed by atoms with Crippen molar-refractivity contribution in [3.05, 3.63) is 42.0 Å². The van der Waals surface area contributed by atoms with Crippen LogP contribution in [0.3, 0.4) is 0 Å². The Bertz CT molecular complexity index is 839. The maximum absolute atomic E-state index is 12.6. The predicted molar refractivity (Wildman–Crippen MR) is 108 cm³/mol. The molecule has 2 aliphatic rings. The standard InChI is InChI=1S/C22H30N4O3/c1-15-6-7-20(16(2)24-15)29-21-12-18-14-25(13-17(18)11-19(21)27)22(28)5-3-9-26-10-4-8-23-26/h4,6-8,10,17-19,21,27H,3,5,9,11-14H2,1-2H3/t17-,18+,19+,21+/m0/s1. The number of hydrogen-bond donors (Lipinski definition) is 1. The predicted octanol–water partition coefficient (Wildman–Crippen LogP) is 2.35. The molecular weight excluding hydrogens is 368 g/mol. The van der Waals surface area contributed by atoms with Crippen molar-refractivity contribution >= 4 is 5.91 Å². The second-order valence-electron chi connectivity index (χ2n) is 8.42. The Morgan fingerprint density at radius 1 is 1.24 bits per heavy atom. The van der Waals surface area contributed by atoms with Crippen LogP contribution in [-0.2, 0) is 11.3 Å². The summed E-state index contributed by atoms with van der Waals surface area (Å²) >= 11 is 0. The Hall–Kier alpha value is -2.41. The normalized spacial score (nSPS) is 26.4. The van der Waals surface area contributed by atoms with E-state index in [-0.39, 0.29) is 12.0 Å². The van der Waals surface area contributed by atoms with E-state index in [9.17, 15) is 9.90 Å². The molecule has 2 aromatic heterocycles. The Balaban J connectivity index is 1.30. The molecule has 1 N–H and O–H groups in total. The minimum Gasteiger partial charge on any atom is -0.486 e. The quantitative estimate of drug-likeness (QED) is 0.808. The van der Waals surface area contributed by atoms with Crippen LogP contribution < -0.4 is 4.74 Å². The lowest BCUT2D eigenvalue weighted by Gasteiger charge is -2.35. The van der Waals surface area contributed by atoms with E-state index < -0.39 is 6.10 Å². The number of likely N-dealkylation sites (tertiary alicyclic amines) is 1. The fourth-order valence-electron chi connectivity index (χ4n) is 4.67. The molecule has 3 heterocycles. The highest BCUT2D eigenvalue weighted by Gasteiger charge is 2.43. The molecule has 156 valence electrons. The molecule has 0 aromatic carbocycles. The summed E-state index contributed by atoms with van der Waals surface area (Å²) in [6.07, 6.45) is 5.71. The van der Waals surface area contributed by atoms with Crippen LogP contribution in [0.5, 0.6) is 5.75 Å². The smallest absolute Gasteiger partial charge is 0.222 e. The third-order valence-corrected chi connectivity index (χ3v) is 6.23. The number of ether oxygens (including phenoxy) is 1. The Morgan fingerprint density at radius 2 is 2.03 bits per heavy atom. The largest absolute Gasteiger partial charge is 0.486 e. The van der Waals surface area contributed by atoms with E-state index in [0.717, 1.165) is 49.6 Å². The second kappa shape index (κ2) is 8.53. The lowest BCUT2D eigenvalue weighted by molar-refractivity contribution is -0.130. The minimum absolute atomic E-state index is 0.206. The number of rotatable bonds is 6. The summed E-state index contributed by atoms with van der Waals surface area (Å²) in [6.45, 7) is 6.16. The minimum atomic E-state index is -0.508. The number of hydrogen-bond acceptors (Lipinski definition) is 5. The third kappa shape index (κ3) is 4.61. The molecule has 2 fully saturated rings. The van der Waals surface area contributed by atoms with Gasteiger partial charge in [-0.3, -0.25) is 14.5 Å². The molecule has 1 amide bonds. The monoisotopic (exact) mass is 398 g/mol. The maximum Gasteiger partial charge on any atom is 0.222 e. The summed E-state index contributed by atoms with van der Waals surface area (Å²) < 4.78 is 8.00. The first-order valence-electron chi connectivity index (χ1n) is 10.5. The van der Waals surface area contributed by atoms with Gasteiger partial charge in [0.25, 0.3) is 0 Å². The fourth-order valence-corrected chi connectivity index (χ4v) is 4.67. The van der Waals surface area contributed by atoms with Crippen LogP contribution in [0.2, 0.25) is 0 Å². The Morgan fingerprint density at radius 3 is 2.76 bits per heavy atom. The molecule has 4 atom stereocenters. The van der Waals surface area contributed by atoms with E-state index in [0.29, 0.717) is 24.7 Å². The van der Waals surface area contributed by atoms with E-state index in [4.69, 9.17) is 4.74 Å². The molecular formula is C22H30N4O3. The maximum atomic E-state index is 12.6. The van der Waals surface area contributed by atoms with Gasteiger partial charge in [-0.1, -0.05) is 0 Å².